The van der Waals surface area contributed by atoms with Gasteiger partial charge in [-0.3, -0.25) is 14.9 Å². The number of esters is 1. The molecule has 7 heteroatoms. The van der Waals surface area contributed by atoms with Gasteiger partial charge in [-0.25, -0.2) is 4.39 Å². The zero-order chi connectivity index (χ0) is 13.0. The number of halogens is 1. The Labute approximate surface area is 95.4 Å². The van der Waals surface area contributed by atoms with Crippen LogP contribution in [0.25, 0.3) is 0 Å². The molecule has 0 radical (unpaired) electrons. The van der Waals surface area contributed by atoms with E-state index in [-0.39, 0.29) is 5.56 Å². The van der Waals surface area contributed by atoms with E-state index < -0.39 is 28.3 Å². The number of non-ortho nitro benzene ring substituents is 1. The Bertz CT molecular complexity index is 510. The van der Waals surface area contributed by atoms with Crippen molar-refractivity contribution >= 4 is 11.7 Å². The van der Waals surface area contributed by atoms with Gasteiger partial charge in [0.25, 0.3) is 5.69 Å². The molecule has 1 atom stereocenters. The highest BCUT2D eigenvalue weighted by Gasteiger charge is 2.25. The van der Waals surface area contributed by atoms with Crippen LogP contribution in [0, 0.1) is 27.3 Å². The van der Waals surface area contributed by atoms with Crippen molar-refractivity contribution in [1.82, 2.24) is 0 Å². The van der Waals surface area contributed by atoms with Gasteiger partial charge in [-0.2, -0.15) is 5.26 Å². The number of nitrogens with zero attached hydrogens (tertiary/aromatic N) is 2. The molecule has 17 heavy (non-hydrogen) atoms. The lowest BCUT2D eigenvalue weighted by Crippen LogP contribution is -2.14. The third-order valence-corrected chi connectivity index (χ3v) is 2.07. The van der Waals surface area contributed by atoms with E-state index in [9.17, 15) is 19.3 Å². The van der Waals surface area contributed by atoms with Crippen molar-refractivity contribution < 1.29 is 18.8 Å². The Balaban J connectivity index is 3.20. The Morgan fingerprint density at radius 2 is 2.29 bits per heavy atom. The lowest BCUT2D eigenvalue weighted by molar-refractivity contribution is -0.385. The highest BCUT2D eigenvalue weighted by molar-refractivity contribution is 5.81. The largest absolute Gasteiger partial charge is 0.468 e. The summed E-state index contributed by atoms with van der Waals surface area (Å²) in [5, 5.41) is 19.1. The minimum atomic E-state index is -1.43. The Hall–Kier alpha value is -2.49. The van der Waals surface area contributed by atoms with E-state index in [0.717, 1.165) is 19.2 Å². The predicted octanol–water partition coefficient (Wildman–Crippen LogP) is 1.51. The van der Waals surface area contributed by atoms with Crippen LogP contribution in [0.15, 0.2) is 18.2 Å². The van der Waals surface area contributed by atoms with Crippen LogP contribution in [0.5, 0.6) is 0 Å². The van der Waals surface area contributed by atoms with Gasteiger partial charge in [-0.05, 0) is 6.07 Å². The molecule has 0 saturated heterocycles. The van der Waals surface area contributed by atoms with Crippen LogP contribution in [-0.4, -0.2) is 18.0 Å². The number of hydrogen-bond donors (Lipinski definition) is 0. The Morgan fingerprint density at radius 3 is 2.71 bits per heavy atom. The summed E-state index contributed by atoms with van der Waals surface area (Å²) in [5.41, 5.74) is -0.697. The molecular weight excluding hydrogens is 231 g/mol. The number of benzene rings is 1. The number of nitro groups is 1. The molecule has 0 bridgehead atoms. The molecule has 6 nitrogen and oxygen atoms in total. The van der Waals surface area contributed by atoms with Crippen LogP contribution >= 0.6 is 0 Å². The molecule has 0 aliphatic heterocycles. The predicted molar refractivity (Wildman–Crippen MR) is 53.4 cm³/mol. The first kappa shape index (κ1) is 12.6. The lowest BCUT2D eigenvalue weighted by atomic mass is 10.00. The monoisotopic (exact) mass is 238 g/mol. The van der Waals surface area contributed by atoms with E-state index in [1.165, 1.54) is 0 Å². The molecule has 0 aliphatic rings. The zero-order valence-electron chi connectivity index (χ0n) is 8.71. The maximum Gasteiger partial charge on any atom is 0.327 e. The molecule has 1 aromatic carbocycles. The average Bonchev–Trinajstić information content (AvgIpc) is 2.31. The minimum absolute atomic E-state index is 0.245. The Kier molecular flexibility index (Phi) is 3.72. The SMILES string of the molecule is COC(=O)C(C#N)c1ccc([N+](=O)[O-])cc1F. The van der Waals surface area contributed by atoms with E-state index in [1.54, 1.807) is 6.07 Å². The third-order valence-electron chi connectivity index (χ3n) is 2.07. The molecule has 1 aromatic rings. The molecule has 1 unspecified atom stereocenters. The van der Waals surface area contributed by atoms with Gasteiger partial charge < -0.3 is 4.74 Å². The zero-order valence-corrected chi connectivity index (χ0v) is 8.71. The fourth-order valence-corrected chi connectivity index (χ4v) is 1.23. The van der Waals surface area contributed by atoms with Gasteiger partial charge in [0.15, 0.2) is 5.92 Å². The molecule has 88 valence electrons. The maximum absolute atomic E-state index is 13.5. The summed E-state index contributed by atoms with van der Waals surface area (Å²) in [6.45, 7) is 0. The van der Waals surface area contributed by atoms with Crippen molar-refractivity contribution in [1.29, 1.82) is 5.26 Å². The number of methoxy groups -OCH3 is 1. The second-order valence-electron chi connectivity index (χ2n) is 3.05. The highest BCUT2D eigenvalue weighted by atomic mass is 19.1. The molecule has 0 amide bonds. The summed E-state index contributed by atoms with van der Waals surface area (Å²) in [7, 11) is 1.07. The number of carbonyl (C=O) groups excluding carboxylic acids is 1. The van der Waals surface area contributed by atoms with Crippen LogP contribution in [0.2, 0.25) is 0 Å². The molecule has 0 aliphatic carbocycles. The fourth-order valence-electron chi connectivity index (χ4n) is 1.23. The van der Waals surface area contributed by atoms with Crippen LogP contribution in [0.1, 0.15) is 11.5 Å². The van der Waals surface area contributed by atoms with Crippen LogP contribution < -0.4 is 0 Å². The highest BCUT2D eigenvalue weighted by Crippen LogP contribution is 2.23. The third kappa shape index (κ3) is 2.55. The van der Waals surface area contributed by atoms with Gasteiger partial charge >= 0.3 is 5.97 Å². The first-order chi connectivity index (χ1) is 8.01. The van der Waals surface area contributed by atoms with Crippen LogP contribution in [0.4, 0.5) is 10.1 Å². The van der Waals surface area contributed by atoms with E-state index in [1.807, 2.05) is 0 Å². The second kappa shape index (κ2) is 5.03. The van der Waals surface area contributed by atoms with E-state index in [2.05, 4.69) is 4.74 Å². The maximum atomic E-state index is 13.5. The van der Waals surface area contributed by atoms with Gasteiger partial charge in [0.1, 0.15) is 5.82 Å². The quantitative estimate of drug-likeness (QED) is 0.452. The number of nitro benzene ring substituents is 1. The minimum Gasteiger partial charge on any atom is -0.468 e. The van der Waals surface area contributed by atoms with Crippen molar-refractivity contribution in [3.8, 4) is 6.07 Å². The summed E-state index contributed by atoms with van der Waals surface area (Å²) in [5.74, 6) is -3.34. The summed E-state index contributed by atoms with van der Waals surface area (Å²) >= 11 is 0. The number of nitriles is 1. The van der Waals surface area contributed by atoms with Crippen molar-refractivity contribution in [2.75, 3.05) is 7.11 Å². The van der Waals surface area contributed by atoms with Gasteiger partial charge in [0, 0.05) is 11.6 Å². The summed E-state index contributed by atoms with van der Waals surface area (Å²) in [6.07, 6.45) is 0. The molecule has 1 rings (SSSR count). The first-order valence-corrected chi connectivity index (χ1v) is 4.42. The van der Waals surface area contributed by atoms with Gasteiger partial charge in [0.05, 0.1) is 24.2 Å². The van der Waals surface area contributed by atoms with Crippen molar-refractivity contribution in [2.24, 2.45) is 0 Å². The fraction of sp³-hybridized carbons (Fsp3) is 0.200. The standard InChI is InChI=1S/C10H7FN2O4/c1-17-10(14)8(5-12)7-3-2-6(13(15)16)4-9(7)11/h2-4,8H,1H3. The van der Waals surface area contributed by atoms with E-state index in [0.29, 0.717) is 6.07 Å². The molecule has 0 aromatic heterocycles. The number of ether oxygens (including phenoxy) is 1. The van der Waals surface area contributed by atoms with Gasteiger partial charge in [-0.1, -0.05) is 0 Å². The average molecular weight is 238 g/mol. The summed E-state index contributed by atoms with van der Waals surface area (Å²) in [6, 6.07) is 4.28. The van der Waals surface area contributed by atoms with Crippen molar-refractivity contribution in [2.45, 2.75) is 5.92 Å². The molecule has 0 heterocycles. The molecular formula is C10H7FN2O4. The first-order valence-electron chi connectivity index (χ1n) is 4.42. The van der Waals surface area contributed by atoms with Crippen LogP contribution in [-0.2, 0) is 9.53 Å². The summed E-state index contributed by atoms with van der Waals surface area (Å²) in [4.78, 5) is 20.8. The number of hydrogen-bond acceptors (Lipinski definition) is 5. The number of rotatable bonds is 3. The molecule has 0 fully saturated rings. The van der Waals surface area contributed by atoms with E-state index in [4.69, 9.17) is 5.26 Å². The van der Waals surface area contributed by atoms with E-state index >= 15 is 0 Å². The number of carbonyl (C=O) groups is 1. The second-order valence-corrected chi connectivity index (χ2v) is 3.05. The van der Waals surface area contributed by atoms with Crippen molar-refractivity contribution in [3.63, 3.8) is 0 Å². The molecule has 0 spiro atoms. The smallest absolute Gasteiger partial charge is 0.327 e. The van der Waals surface area contributed by atoms with Gasteiger partial charge in [-0.15, -0.1) is 0 Å². The normalized spacial score (nSPS) is 11.4. The van der Waals surface area contributed by atoms with Gasteiger partial charge in [0.2, 0.25) is 0 Å². The molecule has 0 N–H and O–H groups in total. The topological polar surface area (TPSA) is 93.2 Å². The summed E-state index contributed by atoms with van der Waals surface area (Å²) < 4.78 is 17.8. The van der Waals surface area contributed by atoms with Crippen molar-refractivity contribution in [3.05, 3.63) is 39.7 Å². The Morgan fingerprint density at radius 1 is 1.65 bits per heavy atom. The molecule has 0 saturated carbocycles. The lowest BCUT2D eigenvalue weighted by Gasteiger charge is -2.07. The van der Waals surface area contributed by atoms with Crippen LogP contribution in [0.3, 0.4) is 0 Å².